The maximum absolute atomic E-state index is 13.2. The Morgan fingerprint density at radius 3 is 2.59 bits per heavy atom. The Morgan fingerprint density at radius 2 is 1.93 bits per heavy atom. The molecule has 1 aliphatic rings. The van der Waals surface area contributed by atoms with Gasteiger partial charge in [0.05, 0.1) is 7.11 Å². The molecule has 2 amide bonds. The van der Waals surface area contributed by atoms with Gasteiger partial charge in [-0.15, -0.1) is 0 Å². The van der Waals surface area contributed by atoms with Crippen LogP contribution in [-0.2, 0) is 9.59 Å². The normalized spacial score (nSPS) is 16.4. The van der Waals surface area contributed by atoms with E-state index in [1.165, 1.54) is 18.3 Å². The second-order valence-electron chi connectivity index (χ2n) is 6.55. The lowest BCUT2D eigenvalue weighted by Gasteiger charge is -2.24. The number of benzene rings is 2. The second kappa shape index (κ2) is 7.61. The molecule has 0 bridgehead atoms. The van der Waals surface area contributed by atoms with Crippen LogP contribution in [0.25, 0.3) is 0 Å². The molecular formula is C21H21FN2O3. The molecule has 1 heterocycles. The first-order chi connectivity index (χ1) is 12.9. The maximum Gasteiger partial charge on any atom is 0.253 e. The van der Waals surface area contributed by atoms with E-state index in [1.807, 2.05) is 19.9 Å². The van der Waals surface area contributed by atoms with Crippen LogP contribution in [0.4, 0.5) is 10.1 Å². The van der Waals surface area contributed by atoms with E-state index in [0.29, 0.717) is 22.6 Å². The summed E-state index contributed by atoms with van der Waals surface area (Å²) in [6.07, 6.45) is 1.55. The van der Waals surface area contributed by atoms with Crippen molar-refractivity contribution in [2.24, 2.45) is 0 Å². The first-order valence-electron chi connectivity index (χ1n) is 8.60. The van der Waals surface area contributed by atoms with Crippen molar-refractivity contribution in [3.8, 4) is 5.75 Å². The van der Waals surface area contributed by atoms with E-state index in [1.54, 1.807) is 25.3 Å². The van der Waals surface area contributed by atoms with Crippen LogP contribution in [-0.4, -0.2) is 18.9 Å². The molecule has 2 aromatic rings. The van der Waals surface area contributed by atoms with Gasteiger partial charge >= 0.3 is 0 Å². The van der Waals surface area contributed by atoms with E-state index in [4.69, 9.17) is 4.74 Å². The first-order valence-corrected chi connectivity index (χ1v) is 8.60. The van der Waals surface area contributed by atoms with E-state index in [2.05, 4.69) is 10.6 Å². The van der Waals surface area contributed by atoms with Crippen LogP contribution in [0.15, 0.2) is 48.2 Å². The van der Waals surface area contributed by atoms with E-state index < -0.39 is 5.92 Å². The van der Waals surface area contributed by atoms with Gasteiger partial charge < -0.3 is 15.4 Å². The molecule has 0 spiro atoms. The SMILES string of the molecule is COc1cc(C)c(C)c(NC(=O)C2=CNC(=O)C[C@H]2c2ccc(F)cc2)c1. The van der Waals surface area contributed by atoms with E-state index in [-0.39, 0.29) is 24.1 Å². The summed E-state index contributed by atoms with van der Waals surface area (Å²) >= 11 is 0. The monoisotopic (exact) mass is 368 g/mol. The van der Waals surface area contributed by atoms with Crippen LogP contribution < -0.4 is 15.4 Å². The van der Waals surface area contributed by atoms with Crippen LogP contribution >= 0.6 is 0 Å². The predicted octanol–water partition coefficient (Wildman–Crippen LogP) is 3.58. The van der Waals surface area contributed by atoms with Crippen molar-refractivity contribution in [3.63, 3.8) is 0 Å². The van der Waals surface area contributed by atoms with Gasteiger partial charge in [-0.25, -0.2) is 4.39 Å². The number of rotatable bonds is 4. The fraction of sp³-hybridized carbons (Fsp3) is 0.238. The zero-order valence-corrected chi connectivity index (χ0v) is 15.4. The molecule has 3 rings (SSSR count). The van der Waals surface area contributed by atoms with Crippen molar-refractivity contribution in [2.75, 3.05) is 12.4 Å². The molecule has 0 saturated heterocycles. The number of aryl methyl sites for hydroxylation is 1. The van der Waals surface area contributed by atoms with Crippen LogP contribution in [0, 0.1) is 19.7 Å². The number of hydrogen-bond donors (Lipinski definition) is 2. The van der Waals surface area contributed by atoms with Crippen LogP contribution in [0.2, 0.25) is 0 Å². The Kier molecular flexibility index (Phi) is 5.26. The molecule has 0 aliphatic carbocycles. The fourth-order valence-corrected chi connectivity index (χ4v) is 3.10. The third-order valence-corrected chi connectivity index (χ3v) is 4.81. The number of methoxy groups -OCH3 is 1. The summed E-state index contributed by atoms with van der Waals surface area (Å²) < 4.78 is 18.5. The standard InChI is InChI=1S/C21H21FN2O3/c1-12-8-16(27-3)9-19(13(12)2)24-21(26)18-11-23-20(25)10-17(18)14-4-6-15(22)7-5-14/h4-9,11,17H,10H2,1-3H3,(H,23,25)(H,24,26)/t17-/m0/s1. The molecule has 2 N–H and O–H groups in total. The van der Waals surface area contributed by atoms with Gasteiger partial charge in [-0.1, -0.05) is 12.1 Å². The lowest BCUT2D eigenvalue weighted by molar-refractivity contribution is -0.121. The maximum atomic E-state index is 13.2. The van der Waals surface area contributed by atoms with Gasteiger partial charge in [0.15, 0.2) is 0 Å². The van der Waals surface area contributed by atoms with Crippen molar-refractivity contribution < 1.29 is 18.7 Å². The number of anilines is 1. The number of carbonyl (C=O) groups is 2. The molecule has 0 radical (unpaired) electrons. The largest absolute Gasteiger partial charge is 0.497 e. The Morgan fingerprint density at radius 1 is 1.22 bits per heavy atom. The molecule has 0 unspecified atom stereocenters. The van der Waals surface area contributed by atoms with Crippen LogP contribution in [0.3, 0.4) is 0 Å². The Labute approximate surface area is 157 Å². The Hall–Kier alpha value is -3.15. The summed E-state index contributed by atoms with van der Waals surface area (Å²) in [6.45, 7) is 3.85. The van der Waals surface area contributed by atoms with Crippen LogP contribution in [0.5, 0.6) is 5.75 Å². The lowest BCUT2D eigenvalue weighted by atomic mass is 9.86. The minimum absolute atomic E-state index is 0.126. The molecule has 6 heteroatoms. The average molecular weight is 368 g/mol. The average Bonchev–Trinajstić information content (AvgIpc) is 2.65. The summed E-state index contributed by atoms with van der Waals surface area (Å²) in [4.78, 5) is 24.8. The highest BCUT2D eigenvalue weighted by molar-refractivity contribution is 6.06. The number of halogens is 1. The van der Waals surface area contributed by atoms with Gasteiger partial charge in [0.25, 0.3) is 5.91 Å². The lowest BCUT2D eigenvalue weighted by Crippen LogP contribution is -2.32. The predicted molar refractivity (Wildman–Crippen MR) is 101 cm³/mol. The van der Waals surface area contributed by atoms with Gasteiger partial charge in [0.2, 0.25) is 5.91 Å². The van der Waals surface area contributed by atoms with Gasteiger partial charge in [-0.3, -0.25) is 9.59 Å². The van der Waals surface area contributed by atoms with Crippen molar-refractivity contribution in [1.82, 2.24) is 5.32 Å². The first kappa shape index (κ1) is 18.6. The number of amides is 2. The zero-order valence-electron chi connectivity index (χ0n) is 15.4. The van der Waals surface area contributed by atoms with Gasteiger partial charge in [-0.05, 0) is 48.7 Å². The molecule has 0 aromatic heterocycles. The smallest absolute Gasteiger partial charge is 0.253 e. The Balaban J connectivity index is 1.91. The molecular weight excluding hydrogens is 347 g/mol. The van der Waals surface area contributed by atoms with Crippen molar-refractivity contribution >= 4 is 17.5 Å². The topological polar surface area (TPSA) is 67.4 Å². The summed E-state index contributed by atoms with van der Waals surface area (Å²) in [7, 11) is 1.57. The third kappa shape index (κ3) is 4.00. The molecule has 2 aromatic carbocycles. The molecule has 0 saturated carbocycles. The highest BCUT2D eigenvalue weighted by atomic mass is 19.1. The van der Waals surface area contributed by atoms with E-state index >= 15 is 0 Å². The second-order valence-corrected chi connectivity index (χ2v) is 6.55. The fourth-order valence-electron chi connectivity index (χ4n) is 3.10. The molecule has 0 fully saturated rings. The summed E-state index contributed by atoms with van der Waals surface area (Å²) in [5.74, 6) is -0.661. The van der Waals surface area contributed by atoms with Crippen molar-refractivity contribution in [3.05, 3.63) is 70.7 Å². The minimum Gasteiger partial charge on any atom is -0.497 e. The molecule has 1 atom stereocenters. The highest BCUT2D eigenvalue weighted by Gasteiger charge is 2.29. The summed E-state index contributed by atoms with van der Waals surface area (Å²) in [5.41, 5.74) is 3.70. The minimum atomic E-state index is -0.439. The van der Waals surface area contributed by atoms with Gasteiger partial charge in [0.1, 0.15) is 11.6 Å². The number of ether oxygens (including phenoxy) is 1. The molecule has 27 heavy (non-hydrogen) atoms. The Bertz CT molecular complexity index is 920. The van der Waals surface area contributed by atoms with Gasteiger partial charge in [-0.2, -0.15) is 0 Å². The quantitative estimate of drug-likeness (QED) is 0.867. The number of hydrogen-bond acceptors (Lipinski definition) is 3. The molecule has 140 valence electrons. The highest BCUT2D eigenvalue weighted by Crippen LogP contribution is 2.32. The van der Waals surface area contributed by atoms with E-state index in [9.17, 15) is 14.0 Å². The summed E-state index contributed by atoms with van der Waals surface area (Å²) in [6, 6.07) is 9.50. The van der Waals surface area contributed by atoms with Crippen LogP contribution in [0.1, 0.15) is 29.0 Å². The number of nitrogens with one attached hydrogen (secondary N) is 2. The van der Waals surface area contributed by atoms with Gasteiger partial charge in [0, 0.05) is 35.9 Å². The van der Waals surface area contributed by atoms with Crippen molar-refractivity contribution in [2.45, 2.75) is 26.2 Å². The zero-order chi connectivity index (χ0) is 19.6. The van der Waals surface area contributed by atoms with Crippen molar-refractivity contribution in [1.29, 1.82) is 0 Å². The van der Waals surface area contributed by atoms with E-state index in [0.717, 1.165) is 11.1 Å². The summed E-state index contributed by atoms with van der Waals surface area (Å²) in [5, 5.41) is 5.51. The molecule has 1 aliphatic heterocycles. The third-order valence-electron chi connectivity index (χ3n) is 4.81. The number of carbonyl (C=O) groups excluding carboxylic acids is 2. The molecule has 5 nitrogen and oxygen atoms in total.